The molecule has 1 atom stereocenters. The second kappa shape index (κ2) is 10.5. The maximum absolute atomic E-state index is 10.9. The molecule has 0 aromatic rings. The van der Waals surface area contributed by atoms with E-state index in [0.717, 1.165) is 12.9 Å². The SMILES string of the molecule is CO.CSCC[C@H](N)C(=O)OC(C)=O. The first-order valence-corrected chi connectivity index (χ1v) is 5.38. The number of carbonyl (C=O) groups excluding carboxylic acids is 2. The molecule has 0 bridgehead atoms. The Morgan fingerprint density at radius 3 is 2.36 bits per heavy atom. The Hall–Kier alpha value is -0.590. The summed E-state index contributed by atoms with van der Waals surface area (Å²) in [5.41, 5.74) is 5.41. The minimum Gasteiger partial charge on any atom is -0.400 e. The van der Waals surface area contributed by atoms with E-state index in [1.54, 1.807) is 11.8 Å². The van der Waals surface area contributed by atoms with Gasteiger partial charge < -0.3 is 15.6 Å². The summed E-state index contributed by atoms with van der Waals surface area (Å²) in [6, 6.07) is -0.679. The third-order valence-electron chi connectivity index (χ3n) is 1.18. The van der Waals surface area contributed by atoms with Crippen molar-refractivity contribution >= 4 is 23.7 Å². The molecule has 0 aromatic carbocycles. The van der Waals surface area contributed by atoms with Gasteiger partial charge in [-0.15, -0.1) is 0 Å². The molecular formula is C8H17NO4S. The molecule has 0 amide bonds. The van der Waals surface area contributed by atoms with Crippen molar-refractivity contribution in [1.29, 1.82) is 0 Å². The van der Waals surface area contributed by atoms with Crippen LogP contribution in [0.4, 0.5) is 0 Å². The predicted molar refractivity (Wildman–Crippen MR) is 55.9 cm³/mol. The molecule has 0 aliphatic heterocycles. The molecule has 0 unspecified atom stereocenters. The maximum atomic E-state index is 10.9. The van der Waals surface area contributed by atoms with Crippen LogP contribution in [0.2, 0.25) is 0 Å². The quantitative estimate of drug-likeness (QED) is 0.505. The number of carbonyl (C=O) groups is 2. The van der Waals surface area contributed by atoms with Crippen molar-refractivity contribution in [3.8, 4) is 0 Å². The van der Waals surface area contributed by atoms with Gasteiger partial charge in [-0.1, -0.05) is 0 Å². The fourth-order valence-electron chi connectivity index (χ4n) is 0.580. The van der Waals surface area contributed by atoms with Gasteiger partial charge in [-0.2, -0.15) is 11.8 Å². The third-order valence-corrected chi connectivity index (χ3v) is 1.82. The van der Waals surface area contributed by atoms with Crippen LogP contribution >= 0.6 is 11.8 Å². The Kier molecular flexibility index (Phi) is 11.9. The van der Waals surface area contributed by atoms with E-state index in [2.05, 4.69) is 4.74 Å². The Labute approximate surface area is 88.0 Å². The van der Waals surface area contributed by atoms with E-state index < -0.39 is 18.0 Å². The van der Waals surface area contributed by atoms with Gasteiger partial charge in [0.1, 0.15) is 6.04 Å². The average molecular weight is 223 g/mol. The maximum Gasteiger partial charge on any atom is 0.330 e. The van der Waals surface area contributed by atoms with Crippen molar-refractivity contribution in [2.24, 2.45) is 5.73 Å². The van der Waals surface area contributed by atoms with Gasteiger partial charge >= 0.3 is 11.9 Å². The molecule has 0 heterocycles. The summed E-state index contributed by atoms with van der Waals surface area (Å²) in [6.07, 6.45) is 2.45. The second-order valence-corrected chi connectivity index (χ2v) is 3.29. The van der Waals surface area contributed by atoms with E-state index in [9.17, 15) is 9.59 Å². The first-order valence-electron chi connectivity index (χ1n) is 3.99. The summed E-state index contributed by atoms with van der Waals surface area (Å²) in [5, 5.41) is 7.00. The molecule has 84 valence electrons. The summed E-state index contributed by atoms with van der Waals surface area (Å²) in [7, 11) is 1.00. The highest BCUT2D eigenvalue weighted by molar-refractivity contribution is 7.98. The number of nitrogens with two attached hydrogens (primary N) is 1. The Balaban J connectivity index is 0. The minimum absolute atomic E-state index is 0.535. The second-order valence-electron chi connectivity index (χ2n) is 2.30. The lowest BCUT2D eigenvalue weighted by Gasteiger charge is -2.07. The third kappa shape index (κ3) is 9.50. The molecule has 14 heavy (non-hydrogen) atoms. The van der Waals surface area contributed by atoms with Crippen LogP contribution in [0.5, 0.6) is 0 Å². The van der Waals surface area contributed by atoms with Gasteiger partial charge in [0.05, 0.1) is 0 Å². The van der Waals surface area contributed by atoms with E-state index in [1.165, 1.54) is 6.92 Å². The van der Waals surface area contributed by atoms with E-state index >= 15 is 0 Å². The number of ether oxygens (including phenoxy) is 1. The first-order chi connectivity index (χ1) is 6.57. The summed E-state index contributed by atoms with van der Waals surface area (Å²) in [4.78, 5) is 21.2. The average Bonchev–Trinajstić information content (AvgIpc) is 2.16. The van der Waals surface area contributed by atoms with Gasteiger partial charge in [0.15, 0.2) is 0 Å². The molecule has 0 saturated carbocycles. The number of aliphatic hydroxyl groups is 1. The van der Waals surface area contributed by atoms with Crippen LogP contribution in [0.25, 0.3) is 0 Å². The molecule has 6 heteroatoms. The van der Waals surface area contributed by atoms with Crippen LogP contribution in [-0.2, 0) is 14.3 Å². The van der Waals surface area contributed by atoms with Crippen molar-refractivity contribution < 1.29 is 19.4 Å². The molecule has 5 nitrogen and oxygen atoms in total. The summed E-state index contributed by atoms with van der Waals surface area (Å²) < 4.78 is 4.30. The molecule has 0 rings (SSSR count). The highest BCUT2D eigenvalue weighted by Crippen LogP contribution is 2.00. The smallest absolute Gasteiger partial charge is 0.330 e. The van der Waals surface area contributed by atoms with Gasteiger partial charge in [0, 0.05) is 14.0 Å². The zero-order chi connectivity index (χ0) is 11.6. The van der Waals surface area contributed by atoms with Gasteiger partial charge in [-0.05, 0) is 18.4 Å². The fourth-order valence-corrected chi connectivity index (χ4v) is 1.07. The number of hydrogen-bond acceptors (Lipinski definition) is 6. The van der Waals surface area contributed by atoms with Crippen molar-refractivity contribution in [3.63, 3.8) is 0 Å². The summed E-state index contributed by atoms with van der Waals surface area (Å²) in [6.45, 7) is 1.18. The van der Waals surface area contributed by atoms with Crippen LogP contribution in [0.15, 0.2) is 0 Å². The normalized spacial score (nSPS) is 10.9. The van der Waals surface area contributed by atoms with Crippen molar-refractivity contribution in [2.75, 3.05) is 19.1 Å². The van der Waals surface area contributed by atoms with E-state index in [1.807, 2.05) is 6.26 Å². The monoisotopic (exact) mass is 223 g/mol. The van der Waals surface area contributed by atoms with Gasteiger partial charge in [-0.3, -0.25) is 4.79 Å². The summed E-state index contributed by atoms with van der Waals surface area (Å²) in [5.74, 6) is -0.468. The zero-order valence-corrected chi connectivity index (χ0v) is 9.47. The molecule has 0 saturated heterocycles. The highest BCUT2D eigenvalue weighted by Gasteiger charge is 2.15. The predicted octanol–water partition coefficient (Wildman–Crippen LogP) is -0.235. The van der Waals surface area contributed by atoms with Crippen LogP contribution in [0, 0.1) is 0 Å². The van der Waals surface area contributed by atoms with Crippen LogP contribution in [0.1, 0.15) is 13.3 Å². The van der Waals surface area contributed by atoms with Gasteiger partial charge in [0.25, 0.3) is 0 Å². The Morgan fingerprint density at radius 2 is 2.00 bits per heavy atom. The fraction of sp³-hybridized carbons (Fsp3) is 0.750. The van der Waals surface area contributed by atoms with Crippen LogP contribution in [0.3, 0.4) is 0 Å². The molecule has 0 radical (unpaired) electrons. The largest absolute Gasteiger partial charge is 0.400 e. The number of aliphatic hydroxyl groups excluding tert-OH is 1. The van der Waals surface area contributed by atoms with E-state index in [-0.39, 0.29) is 0 Å². The minimum atomic E-state index is -0.679. The molecule has 0 aromatic heterocycles. The lowest BCUT2D eigenvalue weighted by molar-refractivity contribution is -0.159. The molecule has 0 aliphatic carbocycles. The van der Waals surface area contributed by atoms with E-state index in [0.29, 0.717) is 6.42 Å². The molecule has 0 spiro atoms. The first kappa shape index (κ1) is 15.9. The number of esters is 2. The van der Waals surface area contributed by atoms with Gasteiger partial charge in [0.2, 0.25) is 0 Å². The highest BCUT2D eigenvalue weighted by atomic mass is 32.2. The van der Waals surface area contributed by atoms with Gasteiger partial charge in [-0.25, -0.2) is 4.79 Å². The summed E-state index contributed by atoms with van der Waals surface area (Å²) >= 11 is 1.59. The van der Waals surface area contributed by atoms with Crippen molar-refractivity contribution in [3.05, 3.63) is 0 Å². The molecule has 3 N–H and O–H groups in total. The van der Waals surface area contributed by atoms with Crippen molar-refractivity contribution in [1.82, 2.24) is 0 Å². The van der Waals surface area contributed by atoms with Crippen molar-refractivity contribution in [2.45, 2.75) is 19.4 Å². The molecule has 0 fully saturated rings. The lowest BCUT2D eigenvalue weighted by atomic mass is 10.2. The molecule has 0 aliphatic rings. The number of rotatable bonds is 4. The number of thioether (sulfide) groups is 1. The zero-order valence-electron chi connectivity index (χ0n) is 8.65. The van der Waals surface area contributed by atoms with Crippen LogP contribution < -0.4 is 5.73 Å². The topological polar surface area (TPSA) is 89.6 Å². The van der Waals surface area contributed by atoms with E-state index in [4.69, 9.17) is 10.8 Å². The standard InChI is InChI=1S/C7H13NO3S.CH4O/c1-5(9)11-7(10)6(8)3-4-12-2;1-2/h6H,3-4,8H2,1-2H3;2H,1H3/t6-;/m0./s1. The number of hydrogen-bond donors (Lipinski definition) is 2. The van der Waals surface area contributed by atoms with Crippen LogP contribution in [-0.4, -0.2) is 42.2 Å². The lowest BCUT2D eigenvalue weighted by Crippen LogP contribution is -2.33. The Bertz CT molecular complexity index is 175. The molecular weight excluding hydrogens is 206 g/mol. The Morgan fingerprint density at radius 1 is 1.50 bits per heavy atom.